The first-order valence-electron chi connectivity index (χ1n) is 6.49. The lowest BCUT2D eigenvalue weighted by Gasteiger charge is -2.18. The predicted molar refractivity (Wildman–Crippen MR) is 77.3 cm³/mol. The summed E-state index contributed by atoms with van der Waals surface area (Å²) in [6, 6.07) is 3.68. The predicted octanol–water partition coefficient (Wildman–Crippen LogP) is 2.97. The van der Waals surface area contributed by atoms with Crippen LogP contribution in [0.5, 0.6) is 11.5 Å². The van der Waals surface area contributed by atoms with E-state index in [0.29, 0.717) is 37.1 Å². The number of methoxy groups -OCH3 is 1. The number of cyclic esters (lactones) is 1. The molecule has 5 nitrogen and oxygen atoms in total. The van der Waals surface area contributed by atoms with Crippen molar-refractivity contribution >= 4 is 23.4 Å². The number of ether oxygens (including phenoxy) is 3. The Morgan fingerprint density at radius 2 is 2.25 bits per heavy atom. The van der Waals surface area contributed by atoms with Crippen molar-refractivity contribution in [1.82, 2.24) is 0 Å². The van der Waals surface area contributed by atoms with Crippen LogP contribution in [0.15, 0.2) is 12.1 Å². The molecule has 110 valence electrons. The molecular weight excluding hydrogens is 282 g/mol. The van der Waals surface area contributed by atoms with Crippen LogP contribution in [0, 0.1) is 6.92 Å². The Balaban J connectivity index is 2.25. The Morgan fingerprint density at radius 3 is 2.85 bits per heavy atom. The molecule has 0 aromatic heterocycles. The minimum Gasteiger partial charge on any atom is -0.493 e. The van der Waals surface area contributed by atoms with E-state index in [1.165, 1.54) is 0 Å². The molecule has 0 N–H and O–H groups in total. The monoisotopic (exact) mass is 299 g/mol. The third-order valence-corrected chi connectivity index (χ3v) is 3.31. The second kappa shape index (κ2) is 6.70. The van der Waals surface area contributed by atoms with Gasteiger partial charge in [-0.3, -0.25) is 4.90 Å². The van der Waals surface area contributed by atoms with Crippen molar-refractivity contribution in [3.8, 4) is 11.5 Å². The van der Waals surface area contributed by atoms with E-state index in [0.717, 1.165) is 17.7 Å². The number of hydrogen-bond donors (Lipinski definition) is 0. The van der Waals surface area contributed by atoms with Crippen molar-refractivity contribution in [2.75, 3.05) is 37.6 Å². The van der Waals surface area contributed by atoms with E-state index in [9.17, 15) is 4.79 Å². The highest BCUT2D eigenvalue weighted by Gasteiger charge is 2.25. The quantitative estimate of drug-likeness (QED) is 0.598. The summed E-state index contributed by atoms with van der Waals surface area (Å²) in [4.78, 5) is 13.2. The number of carbonyl (C=O) groups is 1. The van der Waals surface area contributed by atoms with Gasteiger partial charge in [0.25, 0.3) is 0 Å². The molecule has 0 aliphatic carbocycles. The minimum absolute atomic E-state index is 0.331. The fourth-order valence-corrected chi connectivity index (χ4v) is 2.18. The average molecular weight is 300 g/mol. The van der Waals surface area contributed by atoms with Gasteiger partial charge < -0.3 is 14.2 Å². The van der Waals surface area contributed by atoms with Gasteiger partial charge in [-0.05, 0) is 25.0 Å². The molecule has 0 bridgehead atoms. The highest BCUT2D eigenvalue weighted by molar-refractivity contribution is 6.17. The van der Waals surface area contributed by atoms with Crippen LogP contribution in [-0.4, -0.2) is 38.8 Å². The number of halogens is 1. The maximum absolute atomic E-state index is 11.6. The first kappa shape index (κ1) is 14.8. The molecular formula is C14H18ClNO4. The van der Waals surface area contributed by atoms with Crippen molar-refractivity contribution in [3.63, 3.8) is 0 Å². The molecule has 20 heavy (non-hydrogen) atoms. The number of aryl methyl sites for hydroxylation is 1. The molecule has 1 fully saturated rings. The van der Waals surface area contributed by atoms with Crippen molar-refractivity contribution < 1.29 is 19.0 Å². The van der Waals surface area contributed by atoms with E-state index in [4.69, 9.17) is 25.8 Å². The van der Waals surface area contributed by atoms with E-state index in [1.807, 2.05) is 13.0 Å². The molecule has 1 aromatic carbocycles. The number of rotatable bonds is 6. The third kappa shape index (κ3) is 3.10. The van der Waals surface area contributed by atoms with Gasteiger partial charge in [0.1, 0.15) is 6.61 Å². The summed E-state index contributed by atoms with van der Waals surface area (Å²) in [5.41, 5.74) is 1.67. The number of hydrogen-bond acceptors (Lipinski definition) is 4. The molecule has 0 radical (unpaired) electrons. The second-order valence-electron chi connectivity index (χ2n) is 4.45. The Labute approximate surface area is 123 Å². The Hall–Kier alpha value is -1.62. The van der Waals surface area contributed by atoms with Crippen molar-refractivity contribution in [3.05, 3.63) is 17.7 Å². The summed E-state index contributed by atoms with van der Waals surface area (Å²) >= 11 is 5.64. The molecule has 6 heteroatoms. The molecule has 1 saturated heterocycles. The molecule has 2 rings (SSSR count). The topological polar surface area (TPSA) is 48.0 Å². The average Bonchev–Trinajstić information content (AvgIpc) is 2.86. The Bertz CT molecular complexity index is 492. The van der Waals surface area contributed by atoms with Crippen LogP contribution < -0.4 is 14.4 Å². The molecule has 1 aliphatic heterocycles. The maximum Gasteiger partial charge on any atom is 0.414 e. The molecule has 0 unspecified atom stereocenters. The fourth-order valence-electron chi connectivity index (χ4n) is 2.07. The van der Waals surface area contributed by atoms with Crippen molar-refractivity contribution in [2.45, 2.75) is 13.3 Å². The molecule has 0 saturated carbocycles. The smallest absolute Gasteiger partial charge is 0.414 e. The van der Waals surface area contributed by atoms with Crippen LogP contribution in [0.3, 0.4) is 0 Å². The normalized spacial score (nSPS) is 14.3. The lowest BCUT2D eigenvalue weighted by molar-refractivity contribution is 0.181. The van der Waals surface area contributed by atoms with Gasteiger partial charge in [0.15, 0.2) is 11.5 Å². The van der Waals surface area contributed by atoms with E-state index in [-0.39, 0.29) is 6.09 Å². The summed E-state index contributed by atoms with van der Waals surface area (Å²) in [6.45, 7) is 3.41. The van der Waals surface area contributed by atoms with Gasteiger partial charge in [-0.15, -0.1) is 11.6 Å². The van der Waals surface area contributed by atoms with Crippen LogP contribution in [0.2, 0.25) is 0 Å². The summed E-state index contributed by atoms with van der Waals surface area (Å²) in [6.07, 6.45) is 0.437. The number of anilines is 1. The Kier molecular flexibility index (Phi) is 4.95. The van der Waals surface area contributed by atoms with Crippen LogP contribution in [-0.2, 0) is 4.74 Å². The zero-order valence-corrected chi connectivity index (χ0v) is 12.4. The van der Waals surface area contributed by atoms with Gasteiger partial charge >= 0.3 is 6.09 Å². The molecule has 0 atom stereocenters. The molecule has 1 amide bonds. The standard InChI is InChI=1S/C14H18ClNO4/c1-10-8-11(16-5-7-20-14(16)17)9-12(18-2)13(10)19-6-3-4-15/h8-9H,3-7H2,1-2H3. The van der Waals surface area contributed by atoms with E-state index >= 15 is 0 Å². The first-order chi connectivity index (χ1) is 9.67. The van der Waals surface area contributed by atoms with Crippen LogP contribution in [0.25, 0.3) is 0 Å². The highest BCUT2D eigenvalue weighted by Crippen LogP contribution is 2.36. The molecule has 1 aromatic rings. The Morgan fingerprint density at radius 1 is 1.45 bits per heavy atom. The molecule has 1 heterocycles. The van der Waals surface area contributed by atoms with Gasteiger partial charge in [-0.1, -0.05) is 0 Å². The van der Waals surface area contributed by atoms with E-state index < -0.39 is 0 Å². The van der Waals surface area contributed by atoms with Crippen molar-refractivity contribution in [2.24, 2.45) is 0 Å². The van der Waals surface area contributed by atoms with Gasteiger partial charge in [0.05, 0.1) is 25.9 Å². The zero-order valence-electron chi connectivity index (χ0n) is 11.6. The van der Waals surface area contributed by atoms with Gasteiger partial charge in [-0.25, -0.2) is 4.79 Å². The molecule has 0 spiro atoms. The summed E-state index contributed by atoms with van der Waals surface area (Å²) in [5.74, 6) is 1.85. The number of alkyl halides is 1. The number of benzene rings is 1. The summed E-state index contributed by atoms with van der Waals surface area (Å²) < 4.78 is 16.0. The minimum atomic E-state index is -0.331. The summed E-state index contributed by atoms with van der Waals surface area (Å²) in [5, 5.41) is 0. The van der Waals surface area contributed by atoms with Crippen LogP contribution in [0.4, 0.5) is 10.5 Å². The first-order valence-corrected chi connectivity index (χ1v) is 7.02. The fraction of sp³-hybridized carbons (Fsp3) is 0.500. The van der Waals surface area contributed by atoms with Crippen LogP contribution in [0.1, 0.15) is 12.0 Å². The lowest BCUT2D eigenvalue weighted by Crippen LogP contribution is -2.23. The van der Waals surface area contributed by atoms with Gasteiger partial charge in [0.2, 0.25) is 0 Å². The number of nitrogens with zero attached hydrogens (tertiary/aromatic N) is 1. The maximum atomic E-state index is 11.6. The largest absolute Gasteiger partial charge is 0.493 e. The van der Waals surface area contributed by atoms with Crippen molar-refractivity contribution in [1.29, 1.82) is 0 Å². The highest BCUT2D eigenvalue weighted by atomic mass is 35.5. The van der Waals surface area contributed by atoms with E-state index in [2.05, 4.69) is 0 Å². The summed E-state index contributed by atoms with van der Waals surface area (Å²) in [7, 11) is 1.58. The SMILES string of the molecule is COc1cc(N2CCOC2=O)cc(C)c1OCCCCl. The lowest BCUT2D eigenvalue weighted by atomic mass is 10.1. The van der Waals surface area contributed by atoms with Crippen LogP contribution >= 0.6 is 11.6 Å². The second-order valence-corrected chi connectivity index (χ2v) is 4.83. The van der Waals surface area contributed by atoms with Gasteiger partial charge in [-0.2, -0.15) is 0 Å². The zero-order chi connectivity index (χ0) is 14.5. The number of carbonyl (C=O) groups excluding carboxylic acids is 1. The van der Waals surface area contributed by atoms with Gasteiger partial charge in [0, 0.05) is 11.9 Å². The number of amides is 1. The molecule has 1 aliphatic rings. The van der Waals surface area contributed by atoms with E-state index in [1.54, 1.807) is 18.1 Å². The third-order valence-electron chi connectivity index (χ3n) is 3.04.